The lowest BCUT2D eigenvalue weighted by Gasteiger charge is -2.31. The van der Waals surface area contributed by atoms with E-state index in [0.717, 1.165) is 5.56 Å². The van der Waals surface area contributed by atoms with Crippen molar-refractivity contribution in [3.63, 3.8) is 0 Å². The van der Waals surface area contributed by atoms with Crippen molar-refractivity contribution in [2.24, 2.45) is 5.10 Å². The third-order valence-electron chi connectivity index (χ3n) is 5.95. The van der Waals surface area contributed by atoms with Crippen molar-refractivity contribution >= 4 is 29.1 Å². The number of benzene rings is 2. The molecular formula is C23H21N3O5. The number of fused-ring (bicyclic) bond motifs is 3. The maximum Gasteiger partial charge on any atom is 0.266 e. The minimum Gasteiger partial charge on any atom is -0.454 e. The van der Waals surface area contributed by atoms with E-state index in [1.807, 2.05) is 6.07 Å². The molecular weight excluding hydrogens is 398 g/mol. The molecule has 0 fully saturated rings. The lowest BCUT2D eigenvalue weighted by atomic mass is 9.84. The zero-order valence-electron chi connectivity index (χ0n) is 17.3. The fraction of sp³-hybridized carbons (Fsp3) is 0.304. The van der Waals surface area contributed by atoms with Crippen molar-refractivity contribution < 1.29 is 23.9 Å². The van der Waals surface area contributed by atoms with Crippen LogP contribution in [0.15, 0.2) is 47.6 Å². The predicted molar refractivity (Wildman–Crippen MR) is 112 cm³/mol. The van der Waals surface area contributed by atoms with Crippen LogP contribution >= 0.6 is 0 Å². The highest BCUT2D eigenvalue weighted by Gasteiger charge is 2.61. The molecule has 31 heavy (non-hydrogen) atoms. The molecule has 1 atom stereocenters. The largest absolute Gasteiger partial charge is 0.454 e. The molecule has 0 aromatic heterocycles. The molecule has 0 aliphatic carbocycles. The number of para-hydroxylation sites is 1. The quantitative estimate of drug-likeness (QED) is 0.763. The Bertz CT molecular complexity index is 1160. The smallest absolute Gasteiger partial charge is 0.266 e. The van der Waals surface area contributed by atoms with E-state index in [4.69, 9.17) is 9.47 Å². The van der Waals surface area contributed by atoms with E-state index in [-0.39, 0.29) is 37.9 Å². The fourth-order valence-electron chi connectivity index (χ4n) is 4.42. The Hall–Kier alpha value is -3.68. The van der Waals surface area contributed by atoms with E-state index < -0.39 is 11.4 Å². The highest BCUT2D eigenvalue weighted by molar-refractivity contribution is 6.25. The summed E-state index contributed by atoms with van der Waals surface area (Å²) in [6, 6.07) is 12.5. The summed E-state index contributed by atoms with van der Waals surface area (Å²) in [6.45, 7) is 3.58. The average Bonchev–Trinajstić information content (AvgIpc) is 3.49. The van der Waals surface area contributed by atoms with Gasteiger partial charge in [-0.15, -0.1) is 0 Å². The third-order valence-corrected chi connectivity index (χ3v) is 5.95. The number of anilines is 1. The Morgan fingerprint density at radius 2 is 1.77 bits per heavy atom. The molecule has 3 heterocycles. The molecule has 0 saturated heterocycles. The molecule has 0 radical (unpaired) electrons. The number of nitrogens with zero attached hydrogens (tertiary/aromatic N) is 3. The topological polar surface area (TPSA) is 88.5 Å². The Morgan fingerprint density at radius 3 is 2.55 bits per heavy atom. The summed E-state index contributed by atoms with van der Waals surface area (Å²) >= 11 is 0. The second-order valence-corrected chi connectivity index (χ2v) is 7.62. The molecule has 158 valence electrons. The first-order valence-electron chi connectivity index (χ1n) is 10.3. The van der Waals surface area contributed by atoms with Gasteiger partial charge in [-0.1, -0.05) is 32.0 Å². The summed E-state index contributed by atoms with van der Waals surface area (Å²) in [7, 11) is 0. The Balaban J connectivity index is 1.65. The van der Waals surface area contributed by atoms with Crippen molar-refractivity contribution in [1.82, 2.24) is 5.01 Å². The van der Waals surface area contributed by atoms with E-state index in [0.29, 0.717) is 28.5 Å². The van der Waals surface area contributed by atoms with Gasteiger partial charge in [0.15, 0.2) is 17.0 Å². The number of ether oxygens (including phenoxy) is 2. The molecule has 5 rings (SSSR count). The van der Waals surface area contributed by atoms with Gasteiger partial charge in [0.05, 0.1) is 11.4 Å². The molecule has 2 aromatic carbocycles. The highest BCUT2D eigenvalue weighted by atomic mass is 16.7. The summed E-state index contributed by atoms with van der Waals surface area (Å²) in [5, 5.41) is 5.88. The van der Waals surface area contributed by atoms with Gasteiger partial charge in [0.25, 0.3) is 5.91 Å². The number of rotatable bonds is 3. The molecule has 3 amide bonds. The minimum absolute atomic E-state index is 0.148. The molecule has 0 unspecified atom stereocenters. The van der Waals surface area contributed by atoms with Gasteiger partial charge in [0.2, 0.25) is 18.6 Å². The lowest BCUT2D eigenvalue weighted by Crippen LogP contribution is -2.52. The molecule has 0 N–H and O–H groups in total. The van der Waals surface area contributed by atoms with Crippen molar-refractivity contribution in [2.45, 2.75) is 38.6 Å². The summed E-state index contributed by atoms with van der Waals surface area (Å²) in [5.41, 5.74) is 1.06. The van der Waals surface area contributed by atoms with Crippen molar-refractivity contribution in [2.75, 3.05) is 11.7 Å². The Morgan fingerprint density at radius 1 is 1.03 bits per heavy atom. The van der Waals surface area contributed by atoms with Crippen LogP contribution in [0.3, 0.4) is 0 Å². The number of amides is 3. The van der Waals surface area contributed by atoms with Crippen LogP contribution < -0.4 is 14.4 Å². The van der Waals surface area contributed by atoms with Gasteiger partial charge in [-0.3, -0.25) is 14.4 Å². The third kappa shape index (κ3) is 2.60. The first kappa shape index (κ1) is 19.3. The molecule has 0 saturated carbocycles. The van der Waals surface area contributed by atoms with E-state index in [9.17, 15) is 14.4 Å². The van der Waals surface area contributed by atoms with Crippen LogP contribution in [-0.4, -0.2) is 35.2 Å². The number of hydrazone groups is 1. The highest BCUT2D eigenvalue weighted by Crippen LogP contribution is 2.50. The number of carbonyl (C=O) groups is 3. The van der Waals surface area contributed by atoms with Crippen molar-refractivity contribution in [3.8, 4) is 11.5 Å². The first-order chi connectivity index (χ1) is 15.0. The van der Waals surface area contributed by atoms with Crippen molar-refractivity contribution in [3.05, 3.63) is 53.6 Å². The molecule has 8 nitrogen and oxygen atoms in total. The van der Waals surface area contributed by atoms with Gasteiger partial charge in [-0.2, -0.15) is 5.10 Å². The van der Waals surface area contributed by atoms with Crippen LogP contribution in [0.1, 0.15) is 44.2 Å². The number of hydrogen-bond donors (Lipinski definition) is 0. The standard InChI is InChI=1S/C23H21N3O5/c1-3-20(27)25-17-8-6-5-7-15(17)23(22(25)29)12-16(24-26(23)21(28)4-2)14-9-10-18-19(11-14)31-13-30-18/h5-11H,3-4,12-13H2,1-2H3/t23-/m1/s1. The van der Waals surface area contributed by atoms with Gasteiger partial charge < -0.3 is 9.47 Å². The van der Waals surface area contributed by atoms with Crippen LogP contribution in [0, 0.1) is 0 Å². The number of imide groups is 1. The van der Waals surface area contributed by atoms with Crippen LogP contribution in [0.5, 0.6) is 11.5 Å². The van der Waals surface area contributed by atoms with Gasteiger partial charge in [0.1, 0.15) is 0 Å². The molecule has 8 heteroatoms. The molecule has 2 aromatic rings. The molecule has 3 aliphatic heterocycles. The van der Waals surface area contributed by atoms with Crippen LogP contribution in [0.4, 0.5) is 5.69 Å². The van der Waals surface area contributed by atoms with Crippen LogP contribution in [0.2, 0.25) is 0 Å². The summed E-state index contributed by atoms with van der Waals surface area (Å²) < 4.78 is 10.9. The Labute approximate surface area is 179 Å². The second kappa shape index (κ2) is 6.94. The molecule has 3 aliphatic rings. The van der Waals surface area contributed by atoms with E-state index >= 15 is 0 Å². The summed E-state index contributed by atoms with van der Waals surface area (Å²) in [6.07, 6.45) is 0.520. The zero-order chi connectivity index (χ0) is 21.8. The monoisotopic (exact) mass is 419 g/mol. The van der Waals surface area contributed by atoms with Crippen LogP contribution in [-0.2, 0) is 19.9 Å². The number of hydrogen-bond acceptors (Lipinski definition) is 6. The molecule has 0 bridgehead atoms. The van der Waals surface area contributed by atoms with Gasteiger partial charge in [-0.25, -0.2) is 9.91 Å². The van der Waals surface area contributed by atoms with E-state index in [1.165, 1.54) is 9.91 Å². The minimum atomic E-state index is -1.37. The Kier molecular flexibility index (Phi) is 4.32. The summed E-state index contributed by atoms with van der Waals surface area (Å²) in [4.78, 5) is 40.6. The predicted octanol–water partition coefficient (Wildman–Crippen LogP) is 2.94. The SMILES string of the molecule is CCC(=O)N1C(=O)[C@@]2(CC(c3ccc4c(c3)OCO4)=NN2C(=O)CC)c2ccccc21. The first-order valence-corrected chi connectivity index (χ1v) is 10.3. The summed E-state index contributed by atoms with van der Waals surface area (Å²) in [5.74, 6) is 0.192. The maximum absolute atomic E-state index is 13.8. The fourth-order valence-corrected chi connectivity index (χ4v) is 4.42. The van der Waals surface area contributed by atoms with Gasteiger partial charge in [-0.05, 0) is 24.3 Å². The van der Waals surface area contributed by atoms with Gasteiger partial charge in [0, 0.05) is 30.4 Å². The molecule has 1 spiro atoms. The maximum atomic E-state index is 13.8. The zero-order valence-corrected chi connectivity index (χ0v) is 17.3. The average molecular weight is 419 g/mol. The van der Waals surface area contributed by atoms with Gasteiger partial charge >= 0.3 is 0 Å². The van der Waals surface area contributed by atoms with E-state index in [2.05, 4.69) is 5.10 Å². The lowest BCUT2D eigenvalue weighted by molar-refractivity contribution is -0.145. The van der Waals surface area contributed by atoms with E-state index in [1.54, 1.807) is 50.2 Å². The second-order valence-electron chi connectivity index (χ2n) is 7.62. The van der Waals surface area contributed by atoms with Crippen molar-refractivity contribution in [1.29, 1.82) is 0 Å². The normalized spacial score (nSPS) is 21.0. The number of carbonyl (C=O) groups excluding carboxylic acids is 3. The van der Waals surface area contributed by atoms with Crippen LogP contribution in [0.25, 0.3) is 0 Å².